The molecule has 1 aliphatic rings. The number of hydrogen-bond acceptors (Lipinski definition) is 4. The number of Topliss-reactive ketones (excluding diaryl/α,β-unsaturated/α-hetero) is 1. The van der Waals surface area contributed by atoms with Crippen LogP contribution in [-0.2, 0) is 6.54 Å². The van der Waals surface area contributed by atoms with Crippen LogP contribution < -0.4 is 10.5 Å². The minimum Gasteiger partial charge on any atom is -0.496 e. The number of nitrogens with two attached hydrogens (primary N) is 1. The summed E-state index contributed by atoms with van der Waals surface area (Å²) >= 11 is 0. The zero-order chi connectivity index (χ0) is 15.4. The first-order chi connectivity index (χ1) is 10.0. The number of ether oxygens (including phenoxy) is 1. The molecule has 1 saturated heterocycles. The molecule has 4 heteroatoms. The van der Waals surface area contributed by atoms with E-state index in [4.69, 9.17) is 10.5 Å². The monoisotopic (exact) mass is 290 g/mol. The first-order valence-corrected chi connectivity index (χ1v) is 7.67. The minimum atomic E-state index is 0.0848. The van der Waals surface area contributed by atoms with Gasteiger partial charge in [-0.25, -0.2) is 0 Å². The van der Waals surface area contributed by atoms with Gasteiger partial charge in [-0.2, -0.15) is 0 Å². The van der Waals surface area contributed by atoms with Crippen LogP contribution in [0, 0.1) is 5.92 Å². The van der Waals surface area contributed by atoms with Crippen molar-refractivity contribution in [3.63, 3.8) is 0 Å². The third-order valence-electron chi connectivity index (χ3n) is 4.43. The number of methoxy groups -OCH3 is 1. The SMILES string of the molecule is COc1ccc(C(C)=O)cc1CN1CCC(C)CC1CN. The molecule has 0 aromatic heterocycles. The number of piperidine rings is 1. The van der Waals surface area contributed by atoms with Crippen LogP contribution in [0.3, 0.4) is 0 Å². The van der Waals surface area contributed by atoms with Gasteiger partial charge in [-0.15, -0.1) is 0 Å². The van der Waals surface area contributed by atoms with Crippen LogP contribution in [0.2, 0.25) is 0 Å². The fourth-order valence-electron chi connectivity index (χ4n) is 3.09. The number of likely N-dealkylation sites (tertiary alicyclic amines) is 1. The summed E-state index contributed by atoms with van der Waals surface area (Å²) in [6.07, 6.45) is 2.34. The summed E-state index contributed by atoms with van der Waals surface area (Å²) < 4.78 is 5.44. The van der Waals surface area contributed by atoms with E-state index in [9.17, 15) is 4.79 Å². The molecule has 116 valence electrons. The molecule has 1 aromatic rings. The Kier molecular flexibility index (Phi) is 5.37. The van der Waals surface area contributed by atoms with Gasteiger partial charge in [-0.1, -0.05) is 6.92 Å². The lowest BCUT2D eigenvalue weighted by Gasteiger charge is -2.38. The fraction of sp³-hybridized carbons (Fsp3) is 0.588. The van der Waals surface area contributed by atoms with Crippen molar-refractivity contribution >= 4 is 5.78 Å². The molecule has 1 aromatic carbocycles. The van der Waals surface area contributed by atoms with Gasteiger partial charge in [0.05, 0.1) is 7.11 Å². The van der Waals surface area contributed by atoms with E-state index in [1.807, 2.05) is 18.2 Å². The average Bonchev–Trinajstić information content (AvgIpc) is 2.48. The molecule has 2 rings (SSSR count). The van der Waals surface area contributed by atoms with Gasteiger partial charge in [0.1, 0.15) is 5.75 Å². The van der Waals surface area contributed by atoms with Crippen molar-refractivity contribution in [1.29, 1.82) is 0 Å². The van der Waals surface area contributed by atoms with Gasteiger partial charge in [0, 0.05) is 30.3 Å². The smallest absolute Gasteiger partial charge is 0.159 e. The van der Waals surface area contributed by atoms with Crippen molar-refractivity contribution in [3.05, 3.63) is 29.3 Å². The molecular formula is C17H26N2O2. The van der Waals surface area contributed by atoms with Crippen LogP contribution in [0.15, 0.2) is 18.2 Å². The van der Waals surface area contributed by atoms with E-state index in [1.165, 1.54) is 6.42 Å². The number of nitrogens with zero attached hydrogens (tertiary/aromatic N) is 1. The second kappa shape index (κ2) is 7.05. The topological polar surface area (TPSA) is 55.6 Å². The summed E-state index contributed by atoms with van der Waals surface area (Å²) in [6, 6.07) is 6.08. The number of carbonyl (C=O) groups excluding carboxylic acids is 1. The number of carbonyl (C=O) groups is 1. The van der Waals surface area contributed by atoms with Crippen LogP contribution >= 0.6 is 0 Å². The maximum atomic E-state index is 11.6. The van der Waals surface area contributed by atoms with Gasteiger partial charge in [0.25, 0.3) is 0 Å². The Morgan fingerprint density at radius 2 is 2.24 bits per heavy atom. The van der Waals surface area contributed by atoms with Crippen LogP contribution in [-0.4, -0.2) is 36.9 Å². The highest BCUT2D eigenvalue weighted by atomic mass is 16.5. The molecular weight excluding hydrogens is 264 g/mol. The summed E-state index contributed by atoms with van der Waals surface area (Å²) in [7, 11) is 1.67. The maximum Gasteiger partial charge on any atom is 0.159 e. The molecule has 0 saturated carbocycles. The lowest BCUT2D eigenvalue weighted by atomic mass is 9.92. The molecule has 2 N–H and O–H groups in total. The van der Waals surface area contributed by atoms with Crippen molar-refractivity contribution in [3.8, 4) is 5.75 Å². The lowest BCUT2D eigenvalue weighted by Crippen LogP contribution is -2.45. The number of hydrogen-bond donors (Lipinski definition) is 1. The molecule has 1 aliphatic heterocycles. The zero-order valence-electron chi connectivity index (χ0n) is 13.3. The summed E-state index contributed by atoms with van der Waals surface area (Å²) in [5.74, 6) is 1.66. The highest BCUT2D eigenvalue weighted by Crippen LogP contribution is 2.27. The quantitative estimate of drug-likeness (QED) is 0.846. The number of benzene rings is 1. The summed E-state index contributed by atoms with van der Waals surface area (Å²) in [6.45, 7) is 6.40. The van der Waals surface area contributed by atoms with E-state index in [0.717, 1.165) is 42.3 Å². The summed E-state index contributed by atoms with van der Waals surface area (Å²) in [5.41, 5.74) is 7.74. The van der Waals surface area contributed by atoms with Gasteiger partial charge in [0.15, 0.2) is 5.78 Å². The van der Waals surface area contributed by atoms with E-state index >= 15 is 0 Å². The summed E-state index contributed by atoms with van der Waals surface area (Å²) in [4.78, 5) is 14.0. The van der Waals surface area contributed by atoms with Crippen molar-refractivity contribution in [2.75, 3.05) is 20.2 Å². The Hall–Kier alpha value is -1.39. The summed E-state index contributed by atoms with van der Waals surface area (Å²) in [5, 5.41) is 0. The standard InChI is InChI=1S/C17H26N2O2/c1-12-6-7-19(16(8-12)10-18)11-15-9-14(13(2)20)4-5-17(15)21-3/h4-5,9,12,16H,6-8,10-11,18H2,1-3H3. The molecule has 21 heavy (non-hydrogen) atoms. The predicted molar refractivity (Wildman–Crippen MR) is 84.6 cm³/mol. The maximum absolute atomic E-state index is 11.6. The van der Waals surface area contributed by atoms with Crippen molar-refractivity contribution in [2.24, 2.45) is 11.7 Å². The lowest BCUT2D eigenvalue weighted by molar-refractivity contribution is 0.101. The Balaban J connectivity index is 2.20. The highest BCUT2D eigenvalue weighted by Gasteiger charge is 2.26. The van der Waals surface area contributed by atoms with Gasteiger partial charge in [0.2, 0.25) is 0 Å². The normalized spacial score (nSPS) is 23.0. The van der Waals surface area contributed by atoms with Gasteiger partial charge in [-0.3, -0.25) is 9.69 Å². The van der Waals surface area contributed by atoms with Crippen LogP contribution in [0.4, 0.5) is 0 Å². The molecule has 0 spiro atoms. The fourth-order valence-corrected chi connectivity index (χ4v) is 3.09. The number of ketones is 1. The Morgan fingerprint density at radius 1 is 1.48 bits per heavy atom. The molecule has 0 bridgehead atoms. The Morgan fingerprint density at radius 3 is 2.86 bits per heavy atom. The van der Waals surface area contributed by atoms with E-state index in [0.29, 0.717) is 12.6 Å². The van der Waals surface area contributed by atoms with Crippen LogP contribution in [0.5, 0.6) is 5.75 Å². The first kappa shape index (κ1) is 16.0. The molecule has 0 aliphatic carbocycles. The molecule has 0 radical (unpaired) electrons. The molecule has 2 unspecified atom stereocenters. The second-order valence-electron chi connectivity index (χ2n) is 6.07. The van der Waals surface area contributed by atoms with E-state index in [-0.39, 0.29) is 5.78 Å². The van der Waals surface area contributed by atoms with E-state index in [1.54, 1.807) is 14.0 Å². The van der Waals surface area contributed by atoms with E-state index < -0.39 is 0 Å². The van der Waals surface area contributed by atoms with Crippen molar-refractivity contribution in [1.82, 2.24) is 4.90 Å². The molecule has 1 heterocycles. The first-order valence-electron chi connectivity index (χ1n) is 7.67. The molecule has 4 nitrogen and oxygen atoms in total. The molecule has 2 atom stereocenters. The largest absolute Gasteiger partial charge is 0.496 e. The van der Waals surface area contributed by atoms with Crippen molar-refractivity contribution < 1.29 is 9.53 Å². The molecule has 0 amide bonds. The predicted octanol–water partition coefficient (Wildman–Crippen LogP) is 2.46. The van der Waals surface area contributed by atoms with Crippen LogP contribution in [0.25, 0.3) is 0 Å². The Labute approximate surface area is 127 Å². The van der Waals surface area contributed by atoms with E-state index in [2.05, 4.69) is 11.8 Å². The van der Waals surface area contributed by atoms with Gasteiger partial charge >= 0.3 is 0 Å². The van der Waals surface area contributed by atoms with Gasteiger partial charge < -0.3 is 10.5 Å². The zero-order valence-corrected chi connectivity index (χ0v) is 13.3. The minimum absolute atomic E-state index is 0.0848. The third kappa shape index (κ3) is 3.83. The average molecular weight is 290 g/mol. The second-order valence-corrected chi connectivity index (χ2v) is 6.07. The molecule has 1 fully saturated rings. The van der Waals surface area contributed by atoms with Crippen molar-refractivity contribution in [2.45, 2.75) is 39.3 Å². The Bertz CT molecular complexity index is 502. The third-order valence-corrected chi connectivity index (χ3v) is 4.43. The van der Waals surface area contributed by atoms with Gasteiger partial charge in [-0.05, 0) is 50.4 Å². The van der Waals surface area contributed by atoms with Crippen LogP contribution in [0.1, 0.15) is 42.6 Å². The highest BCUT2D eigenvalue weighted by molar-refractivity contribution is 5.94. The number of rotatable bonds is 5.